The Morgan fingerprint density at radius 3 is 2.53 bits per heavy atom. The Labute approximate surface area is 112 Å². The first-order chi connectivity index (χ1) is 9.11. The van der Waals surface area contributed by atoms with Crippen molar-refractivity contribution in [2.45, 2.75) is 32.3 Å². The molecule has 1 aliphatic rings. The number of benzene rings is 1. The molecule has 0 atom stereocenters. The third kappa shape index (κ3) is 2.81. The molecule has 0 radical (unpaired) electrons. The van der Waals surface area contributed by atoms with Crippen LogP contribution in [0.2, 0.25) is 0 Å². The monoisotopic (exact) mass is 266 g/mol. The van der Waals surface area contributed by atoms with Gasteiger partial charge in [-0.1, -0.05) is 13.8 Å². The van der Waals surface area contributed by atoms with Crippen molar-refractivity contribution in [3.05, 3.63) is 17.7 Å². The number of carbonyl (C=O) groups is 1. The molecular formula is C14H18O5. The molecule has 1 aromatic rings. The topological polar surface area (TPSA) is 65.0 Å². The fraction of sp³-hybridized carbons (Fsp3) is 0.500. The summed E-state index contributed by atoms with van der Waals surface area (Å²) in [6.07, 6.45) is 1.88. The maximum absolute atomic E-state index is 11.1. The molecule has 0 saturated carbocycles. The molecule has 0 aliphatic carbocycles. The van der Waals surface area contributed by atoms with Gasteiger partial charge in [-0.15, -0.1) is 0 Å². The number of ether oxygens (including phenoxy) is 3. The minimum Gasteiger partial charge on any atom is -0.490 e. The van der Waals surface area contributed by atoms with Crippen molar-refractivity contribution in [3.8, 4) is 17.2 Å². The van der Waals surface area contributed by atoms with Gasteiger partial charge in [0, 0.05) is 6.07 Å². The van der Waals surface area contributed by atoms with Crippen LogP contribution in [0.3, 0.4) is 0 Å². The van der Waals surface area contributed by atoms with Crippen molar-refractivity contribution in [3.63, 3.8) is 0 Å². The van der Waals surface area contributed by atoms with Gasteiger partial charge >= 0.3 is 0 Å². The second-order valence-electron chi connectivity index (χ2n) is 4.58. The van der Waals surface area contributed by atoms with E-state index in [-0.39, 0.29) is 13.4 Å². The number of hydrogen-bond donors (Lipinski definition) is 1. The van der Waals surface area contributed by atoms with E-state index < -0.39 is 5.60 Å². The second kappa shape index (κ2) is 5.48. The van der Waals surface area contributed by atoms with E-state index in [0.717, 1.165) is 0 Å². The maximum Gasteiger partial charge on any atom is 0.231 e. The molecule has 1 heterocycles. The van der Waals surface area contributed by atoms with Crippen LogP contribution in [0.5, 0.6) is 17.2 Å². The zero-order valence-corrected chi connectivity index (χ0v) is 11.1. The average molecular weight is 266 g/mol. The molecule has 0 saturated heterocycles. The zero-order chi connectivity index (χ0) is 13.9. The molecule has 0 spiro atoms. The van der Waals surface area contributed by atoms with Crippen molar-refractivity contribution >= 4 is 6.29 Å². The van der Waals surface area contributed by atoms with Gasteiger partial charge in [0.05, 0.1) is 11.2 Å². The fourth-order valence-electron chi connectivity index (χ4n) is 1.82. The van der Waals surface area contributed by atoms with E-state index in [1.54, 1.807) is 12.1 Å². The third-order valence-corrected chi connectivity index (χ3v) is 3.44. The number of fused-ring (bicyclic) bond motifs is 1. The van der Waals surface area contributed by atoms with Crippen LogP contribution in [0.25, 0.3) is 0 Å². The van der Waals surface area contributed by atoms with Gasteiger partial charge in [-0.3, -0.25) is 4.79 Å². The summed E-state index contributed by atoms with van der Waals surface area (Å²) in [6.45, 7) is 4.08. The van der Waals surface area contributed by atoms with Crippen LogP contribution in [0.15, 0.2) is 12.1 Å². The Morgan fingerprint density at radius 1 is 1.32 bits per heavy atom. The lowest BCUT2D eigenvalue weighted by Crippen LogP contribution is -2.34. The number of carbonyl (C=O) groups excluding carboxylic acids is 1. The van der Waals surface area contributed by atoms with E-state index in [4.69, 9.17) is 14.2 Å². The van der Waals surface area contributed by atoms with Gasteiger partial charge in [0.2, 0.25) is 6.79 Å². The summed E-state index contributed by atoms with van der Waals surface area (Å²) in [4.78, 5) is 11.1. The van der Waals surface area contributed by atoms with E-state index in [1.165, 1.54) is 0 Å². The van der Waals surface area contributed by atoms with E-state index in [0.29, 0.717) is 41.9 Å². The minimum atomic E-state index is -0.878. The molecule has 0 unspecified atom stereocenters. The summed E-state index contributed by atoms with van der Waals surface area (Å²) in [7, 11) is 0. The largest absolute Gasteiger partial charge is 0.490 e. The van der Waals surface area contributed by atoms with E-state index in [9.17, 15) is 9.90 Å². The Kier molecular flexibility index (Phi) is 3.95. The van der Waals surface area contributed by atoms with Crippen LogP contribution in [0.1, 0.15) is 37.0 Å². The van der Waals surface area contributed by atoms with Crippen molar-refractivity contribution in [2.75, 3.05) is 13.4 Å². The number of aliphatic hydroxyl groups is 1. The molecular weight excluding hydrogens is 248 g/mol. The molecule has 0 aromatic heterocycles. The van der Waals surface area contributed by atoms with E-state index >= 15 is 0 Å². The smallest absolute Gasteiger partial charge is 0.231 e. The summed E-state index contributed by atoms with van der Waals surface area (Å²) in [5.74, 6) is 1.49. The predicted octanol–water partition coefficient (Wildman–Crippen LogP) is 2.16. The van der Waals surface area contributed by atoms with Crippen molar-refractivity contribution in [2.24, 2.45) is 0 Å². The molecule has 0 bridgehead atoms. The summed E-state index contributed by atoms with van der Waals surface area (Å²) < 4.78 is 16.0. The van der Waals surface area contributed by atoms with E-state index in [1.807, 2.05) is 13.8 Å². The highest BCUT2D eigenvalue weighted by Gasteiger charge is 2.25. The van der Waals surface area contributed by atoms with Gasteiger partial charge in [0.1, 0.15) is 12.4 Å². The van der Waals surface area contributed by atoms with Gasteiger partial charge in [-0.05, 0) is 18.9 Å². The molecule has 1 N–H and O–H groups in total. The Morgan fingerprint density at radius 2 is 1.95 bits per heavy atom. The van der Waals surface area contributed by atoms with Crippen LogP contribution >= 0.6 is 0 Å². The van der Waals surface area contributed by atoms with Gasteiger partial charge in [0.25, 0.3) is 0 Å². The van der Waals surface area contributed by atoms with Gasteiger partial charge in [0.15, 0.2) is 17.8 Å². The van der Waals surface area contributed by atoms with Crippen LogP contribution in [-0.4, -0.2) is 30.4 Å². The molecule has 1 aromatic carbocycles. The second-order valence-corrected chi connectivity index (χ2v) is 4.58. The van der Waals surface area contributed by atoms with E-state index in [2.05, 4.69) is 0 Å². The zero-order valence-electron chi connectivity index (χ0n) is 11.1. The summed E-state index contributed by atoms with van der Waals surface area (Å²) in [6, 6.07) is 3.21. The number of aldehydes is 1. The third-order valence-electron chi connectivity index (χ3n) is 3.44. The Bertz CT molecular complexity index is 465. The summed E-state index contributed by atoms with van der Waals surface area (Å²) in [5, 5.41) is 10.2. The predicted molar refractivity (Wildman–Crippen MR) is 69.0 cm³/mol. The first-order valence-corrected chi connectivity index (χ1v) is 6.36. The lowest BCUT2D eigenvalue weighted by molar-refractivity contribution is -0.0115. The number of rotatable bonds is 6. The van der Waals surface area contributed by atoms with Gasteiger partial charge < -0.3 is 19.3 Å². The van der Waals surface area contributed by atoms with Crippen molar-refractivity contribution < 1.29 is 24.1 Å². The molecule has 19 heavy (non-hydrogen) atoms. The fourth-order valence-corrected chi connectivity index (χ4v) is 1.82. The minimum absolute atomic E-state index is 0.139. The SMILES string of the molecule is CCC(O)(CC)COc1cc2c(cc1C=O)OCO2. The Hall–Kier alpha value is -1.75. The molecule has 0 amide bonds. The van der Waals surface area contributed by atoms with Crippen molar-refractivity contribution in [1.29, 1.82) is 0 Å². The molecule has 5 heteroatoms. The normalized spacial score (nSPS) is 13.4. The Balaban J connectivity index is 2.18. The highest BCUT2D eigenvalue weighted by atomic mass is 16.7. The standard InChI is InChI=1S/C14H18O5/c1-3-14(16,4-2)8-17-11-6-13-12(18-9-19-13)5-10(11)7-15/h5-7,16H,3-4,8-9H2,1-2H3. The lowest BCUT2D eigenvalue weighted by atomic mass is 9.99. The van der Waals surface area contributed by atoms with Crippen molar-refractivity contribution in [1.82, 2.24) is 0 Å². The first kappa shape index (κ1) is 13.7. The quantitative estimate of drug-likeness (QED) is 0.799. The lowest BCUT2D eigenvalue weighted by Gasteiger charge is -2.25. The first-order valence-electron chi connectivity index (χ1n) is 6.36. The molecule has 1 aliphatic heterocycles. The molecule has 104 valence electrons. The maximum atomic E-state index is 11.1. The van der Waals surface area contributed by atoms with Gasteiger partial charge in [-0.2, -0.15) is 0 Å². The summed E-state index contributed by atoms with van der Waals surface area (Å²) >= 11 is 0. The number of hydrogen-bond acceptors (Lipinski definition) is 5. The van der Waals surface area contributed by atoms with Crippen LogP contribution in [0.4, 0.5) is 0 Å². The highest BCUT2D eigenvalue weighted by molar-refractivity contribution is 5.81. The van der Waals surface area contributed by atoms with Crippen LogP contribution < -0.4 is 14.2 Å². The highest BCUT2D eigenvalue weighted by Crippen LogP contribution is 2.37. The van der Waals surface area contributed by atoms with Gasteiger partial charge in [-0.25, -0.2) is 0 Å². The molecule has 2 rings (SSSR count). The average Bonchev–Trinajstić information content (AvgIpc) is 2.90. The molecule has 0 fully saturated rings. The van der Waals surface area contributed by atoms with Crippen LogP contribution in [-0.2, 0) is 0 Å². The molecule has 5 nitrogen and oxygen atoms in total. The summed E-state index contributed by atoms with van der Waals surface area (Å²) in [5.41, 5.74) is -0.491. The van der Waals surface area contributed by atoms with Crippen LogP contribution in [0, 0.1) is 0 Å².